The van der Waals surface area contributed by atoms with Crippen molar-refractivity contribution < 1.29 is 23.0 Å². The van der Waals surface area contributed by atoms with E-state index < -0.39 is 6.61 Å². The van der Waals surface area contributed by atoms with Gasteiger partial charge in [-0.15, -0.1) is 0 Å². The van der Waals surface area contributed by atoms with E-state index in [0.29, 0.717) is 22.7 Å². The number of hydrogen-bond acceptors (Lipinski definition) is 4. The molecular formula is C17H19F2N3O3. The quantitative estimate of drug-likeness (QED) is 0.591. The number of alkyl halides is 2. The third-order valence-electron chi connectivity index (χ3n) is 3.26. The largest absolute Gasteiger partial charge is 0.493 e. The van der Waals surface area contributed by atoms with Crippen molar-refractivity contribution in [2.45, 2.75) is 13.2 Å². The third-order valence-corrected chi connectivity index (χ3v) is 3.26. The lowest BCUT2D eigenvalue weighted by atomic mass is 10.2. The van der Waals surface area contributed by atoms with Crippen LogP contribution in [0.3, 0.4) is 0 Å². The highest BCUT2D eigenvalue weighted by atomic mass is 19.3. The van der Waals surface area contributed by atoms with Gasteiger partial charge in [0.2, 0.25) is 0 Å². The van der Waals surface area contributed by atoms with Crippen LogP contribution in [-0.4, -0.2) is 26.8 Å². The van der Waals surface area contributed by atoms with Gasteiger partial charge in [-0.25, -0.2) is 4.99 Å². The van der Waals surface area contributed by atoms with E-state index in [1.165, 1.54) is 13.2 Å². The molecule has 8 heteroatoms. The zero-order chi connectivity index (χ0) is 18.2. The Morgan fingerprint density at radius 2 is 1.80 bits per heavy atom. The number of methoxy groups -OCH3 is 2. The maximum atomic E-state index is 12.4. The first-order valence-electron chi connectivity index (χ1n) is 7.35. The fourth-order valence-electron chi connectivity index (χ4n) is 2.12. The van der Waals surface area contributed by atoms with Crippen LogP contribution in [0.2, 0.25) is 0 Å². The Kier molecular flexibility index (Phi) is 6.39. The van der Waals surface area contributed by atoms with Crippen molar-refractivity contribution in [3.05, 3.63) is 48.0 Å². The van der Waals surface area contributed by atoms with Gasteiger partial charge in [-0.2, -0.15) is 8.78 Å². The van der Waals surface area contributed by atoms with E-state index in [0.717, 1.165) is 0 Å². The number of hydrogen-bond donors (Lipinski definition) is 2. The molecule has 0 saturated heterocycles. The Labute approximate surface area is 144 Å². The Hall–Kier alpha value is -3.03. The van der Waals surface area contributed by atoms with Gasteiger partial charge in [0, 0.05) is 17.3 Å². The molecule has 0 radical (unpaired) electrons. The average Bonchev–Trinajstić information content (AvgIpc) is 2.60. The van der Waals surface area contributed by atoms with Gasteiger partial charge in [0.1, 0.15) is 5.75 Å². The first kappa shape index (κ1) is 18.3. The van der Waals surface area contributed by atoms with Crippen LogP contribution >= 0.6 is 0 Å². The van der Waals surface area contributed by atoms with Gasteiger partial charge in [-0.05, 0) is 18.2 Å². The number of para-hydroxylation sites is 1. The summed E-state index contributed by atoms with van der Waals surface area (Å²) in [7, 11) is 3.07. The molecule has 0 amide bonds. The topological polar surface area (TPSA) is 78.1 Å². The molecule has 0 aliphatic heterocycles. The third kappa shape index (κ3) is 5.23. The lowest BCUT2D eigenvalue weighted by Gasteiger charge is -2.11. The summed E-state index contributed by atoms with van der Waals surface area (Å²) in [6.45, 7) is -2.80. The summed E-state index contributed by atoms with van der Waals surface area (Å²) in [5.41, 5.74) is 6.99. The number of nitrogens with zero attached hydrogens (tertiary/aromatic N) is 1. The van der Waals surface area contributed by atoms with Crippen LogP contribution in [0.15, 0.2) is 47.5 Å². The number of benzene rings is 2. The predicted molar refractivity (Wildman–Crippen MR) is 91.6 cm³/mol. The molecule has 0 heterocycles. The first-order valence-corrected chi connectivity index (χ1v) is 7.35. The lowest BCUT2D eigenvalue weighted by molar-refractivity contribution is -0.0504. The van der Waals surface area contributed by atoms with E-state index >= 15 is 0 Å². The van der Waals surface area contributed by atoms with Gasteiger partial charge >= 0.3 is 6.61 Å². The van der Waals surface area contributed by atoms with E-state index in [1.807, 2.05) is 0 Å². The van der Waals surface area contributed by atoms with Crippen LogP contribution in [0.5, 0.6) is 17.2 Å². The number of guanidine groups is 1. The minimum atomic E-state index is -2.90. The van der Waals surface area contributed by atoms with Crippen LogP contribution in [0.1, 0.15) is 5.56 Å². The molecule has 0 bridgehead atoms. The van der Waals surface area contributed by atoms with Gasteiger partial charge in [-0.1, -0.05) is 18.2 Å². The summed E-state index contributed by atoms with van der Waals surface area (Å²) in [5.74, 6) is 1.32. The van der Waals surface area contributed by atoms with E-state index in [9.17, 15) is 8.78 Å². The molecule has 0 atom stereocenters. The number of aliphatic imine (C=N–C) groups is 1. The number of nitrogens with two attached hydrogens (primary N) is 1. The summed E-state index contributed by atoms with van der Waals surface area (Å²) in [6, 6.07) is 11.6. The predicted octanol–water partition coefficient (Wildman–Crippen LogP) is 3.23. The van der Waals surface area contributed by atoms with Gasteiger partial charge in [0.15, 0.2) is 17.5 Å². The summed E-state index contributed by atoms with van der Waals surface area (Å²) < 4.78 is 39.6. The average molecular weight is 351 g/mol. The second kappa shape index (κ2) is 8.72. The van der Waals surface area contributed by atoms with E-state index in [1.54, 1.807) is 43.5 Å². The normalized spacial score (nSPS) is 11.3. The zero-order valence-electron chi connectivity index (χ0n) is 13.8. The molecule has 0 aromatic heterocycles. The molecule has 0 unspecified atom stereocenters. The molecule has 2 aromatic carbocycles. The molecule has 25 heavy (non-hydrogen) atoms. The highest BCUT2D eigenvalue weighted by Crippen LogP contribution is 2.29. The number of rotatable bonds is 7. The maximum absolute atomic E-state index is 12.4. The number of ether oxygens (including phenoxy) is 3. The molecule has 0 spiro atoms. The Balaban J connectivity index is 2.08. The molecule has 0 aliphatic rings. The molecule has 3 N–H and O–H groups in total. The Morgan fingerprint density at radius 3 is 2.48 bits per heavy atom. The molecular weight excluding hydrogens is 332 g/mol. The molecule has 0 aliphatic carbocycles. The van der Waals surface area contributed by atoms with E-state index in [-0.39, 0.29) is 18.3 Å². The highest BCUT2D eigenvalue weighted by molar-refractivity contribution is 5.92. The van der Waals surface area contributed by atoms with Crippen LogP contribution in [0.25, 0.3) is 0 Å². The lowest BCUT2D eigenvalue weighted by Crippen LogP contribution is -2.22. The van der Waals surface area contributed by atoms with Gasteiger partial charge in [0.25, 0.3) is 0 Å². The highest BCUT2D eigenvalue weighted by Gasteiger charge is 2.09. The zero-order valence-corrected chi connectivity index (χ0v) is 13.8. The van der Waals surface area contributed by atoms with Crippen LogP contribution < -0.4 is 25.3 Å². The van der Waals surface area contributed by atoms with Gasteiger partial charge in [-0.3, -0.25) is 0 Å². The summed E-state index contributed by atoms with van der Waals surface area (Å²) >= 11 is 0. The fourth-order valence-corrected chi connectivity index (χ4v) is 2.12. The second-order valence-corrected chi connectivity index (χ2v) is 4.88. The van der Waals surface area contributed by atoms with Crippen molar-refractivity contribution >= 4 is 11.6 Å². The Morgan fingerprint density at radius 1 is 1.08 bits per heavy atom. The van der Waals surface area contributed by atoms with Crippen molar-refractivity contribution in [3.63, 3.8) is 0 Å². The first-order chi connectivity index (χ1) is 12.0. The molecule has 6 nitrogen and oxygen atoms in total. The minimum absolute atomic E-state index is 0.0696. The molecule has 134 valence electrons. The van der Waals surface area contributed by atoms with Gasteiger partial charge in [0.05, 0.1) is 20.8 Å². The molecule has 2 rings (SSSR count). The smallest absolute Gasteiger partial charge is 0.387 e. The van der Waals surface area contributed by atoms with Crippen LogP contribution in [-0.2, 0) is 6.54 Å². The van der Waals surface area contributed by atoms with Crippen molar-refractivity contribution in [1.29, 1.82) is 0 Å². The van der Waals surface area contributed by atoms with Gasteiger partial charge < -0.3 is 25.3 Å². The number of nitrogens with one attached hydrogen (secondary N) is 1. The SMILES string of the molecule is COc1ccc(NC(N)=NCc2ccccc2OC(F)F)cc1OC. The van der Waals surface area contributed by atoms with E-state index in [2.05, 4.69) is 15.0 Å². The summed E-state index contributed by atoms with van der Waals surface area (Å²) in [5, 5.41) is 2.90. The monoisotopic (exact) mass is 351 g/mol. The fraction of sp³-hybridized carbons (Fsp3) is 0.235. The molecule has 2 aromatic rings. The second-order valence-electron chi connectivity index (χ2n) is 4.88. The van der Waals surface area contributed by atoms with E-state index in [4.69, 9.17) is 15.2 Å². The van der Waals surface area contributed by atoms with Crippen LogP contribution in [0.4, 0.5) is 14.5 Å². The van der Waals surface area contributed by atoms with Crippen molar-refractivity contribution in [2.75, 3.05) is 19.5 Å². The standard InChI is InChI=1S/C17H19F2N3O3/c1-23-14-8-7-12(9-15(14)24-2)22-17(20)21-10-11-5-3-4-6-13(11)25-16(18)19/h3-9,16H,10H2,1-2H3,(H3,20,21,22). The van der Waals surface area contributed by atoms with Crippen molar-refractivity contribution in [2.24, 2.45) is 10.7 Å². The number of anilines is 1. The van der Waals surface area contributed by atoms with Crippen molar-refractivity contribution in [3.8, 4) is 17.2 Å². The van der Waals surface area contributed by atoms with Crippen molar-refractivity contribution in [1.82, 2.24) is 0 Å². The Bertz CT molecular complexity index is 739. The summed E-state index contributed by atoms with van der Waals surface area (Å²) in [6.07, 6.45) is 0. The van der Waals surface area contributed by atoms with Crippen LogP contribution in [0, 0.1) is 0 Å². The minimum Gasteiger partial charge on any atom is -0.493 e. The molecule has 0 saturated carbocycles. The number of halogens is 2. The maximum Gasteiger partial charge on any atom is 0.387 e. The summed E-state index contributed by atoms with van der Waals surface area (Å²) in [4.78, 5) is 4.14. The molecule has 0 fully saturated rings.